The molecule has 3 nitrogen and oxygen atoms in total. The molecular formula is C23H44O3. The van der Waals surface area contributed by atoms with Gasteiger partial charge in [-0.05, 0) is 32.1 Å². The lowest BCUT2D eigenvalue weighted by atomic mass is 10.1. The van der Waals surface area contributed by atoms with Crippen LogP contribution >= 0.6 is 0 Å². The minimum atomic E-state index is -1.15. The second-order valence-electron chi connectivity index (χ2n) is 7.47. The highest BCUT2D eigenvalue weighted by atomic mass is 16.7. The van der Waals surface area contributed by atoms with Gasteiger partial charge in [-0.3, -0.25) is 0 Å². The number of unbranched alkanes of at least 4 members (excludes halogenated alkanes) is 16. The lowest BCUT2D eigenvalue weighted by Gasteiger charge is -2.02. The normalized spacial score (nSPS) is 11.3. The van der Waals surface area contributed by atoms with Crippen molar-refractivity contribution in [3.8, 4) is 0 Å². The van der Waals surface area contributed by atoms with E-state index >= 15 is 0 Å². The van der Waals surface area contributed by atoms with Gasteiger partial charge < -0.3 is 9.84 Å². The van der Waals surface area contributed by atoms with Gasteiger partial charge in [-0.25, -0.2) is 4.79 Å². The molecule has 154 valence electrons. The molecule has 0 atom stereocenters. The second kappa shape index (κ2) is 22.1. The Hall–Kier alpha value is -0.990. The summed E-state index contributed by atoms with van der Waals surface area (Å²) in [5.41, 5.74) is 0. The van der Waals surface area contributed by atoms with Crippen LogP contribution in [0.1, 0.15) is 122 Å². The molecule has 0 amide bonds. The molecule has 1 N–H and O–H groups in total. The standard InChI is InChI=1S/C23H44O3/c1-2-3-4-5-6-7-8-9-10-11-12-13-14-15-16-17-18-19-20-21-22-26-23(24)25/h9-10H,2-8,11-22H2,1H3,(H,24,25)/b10-9-. The first-order valence-corrected chi connectivity index (χ1v) is 11.3. The van der Waals surface area contributed by atoms with E-state index < -0.39 is 6.16 Å². The van der Waals surface area contributed by atoms with Crippen LogP contribution < -0.4 is 0 Å². The van der Waals surface area contributed by atoms with Crippen LogP contribution in [0.15, 0.2) is 12.2 Å². The van der Waals surface area contributed by atoms with E-state index in [0.717, 1.165) is 12.8 Å². The van der Waals surface area contributed by atoms with Crippen LogP contribution in [0, 0.1) is 0 Å². The molecular weight excluding hydrogens is 324 g/mol. The number of allylic oxidation sites excluding steroid dienone is 2. The molecule has 0 aromatic rings. The molecule has 0 fully saturated rings. The van der Waals surface area contributed by atoms with Gasteiger partial charge in [-0.15, -0.1) is 0 Å². The summed E-state index contributed by atoms with van der Waals surface area (Å²) in [6, 6.07) is 0. The molecule has 0 heterocycles. The zero-order chi connectivity index (χ0) is 19.1. The zero-order valence-electron chi connectivity index (χ0n) is 17.4. The fourth-order valence-corrected chi connectivity index (χ4v) is 3.22. The van der Waals surface area contributed by atoms with Crippen LogP contribution in [0.5, 0.6) is 0 Å². The largest absolute Gasteiger partial charge is 0.505 e. The zero-order valence-corrected chi connectivity index (χ0v) is 17.4. The van der Waals surface area contributed by atoms with Gasteiger partial charge >= 0.3 is 6.16 Å². The highest BCUT2D eigenvalue weighted by Gasteiger charge is 1.96. The minimum Gasteiger partial charge on any atom is -0.450 e. The summed E-state index contributed by atoms with van der Waals surface area (Å²) in [5, 5.41) is 8.35. The van der Waals surface area contributed by atoms with Crippen molar-refractivity contribution in [3.05, 3.63) is 12.2 Å². The molecule has 0 saturated carbocycles. The Morgan fingerprint density at radius 1 is 0.654 bits per heavy atom. The van der Waals surface area contributed by atoms with E-state index in [1.807, 2.05) is 0 Å². The summed E-state index contributed by atoms with van der Waals surface area (Å²) >= 11 is 0. The second-order valence-corrected chi connectivity index (χ2v) is 7.47. The van der Waals surface area contributed by atoms with Crippen LogP contribution in [-0.4, -0.2) is 17.9 Å². The molecule has 0 aliphatic heterocycles. The topological polar surface area (TPSA) is 46.5 Å². The molecule has 0 aliphatic carbocycles. The fraction of sp³-hybridized carbons (Fsp3) is 0.870. The fourth-order valence-electron chi connectivity index (χ4n) is 3.22. The molecule has 3 heteroatoms. The van der Waals surface area contributed by atoms with Crippen molar-refractivity contribution in [3.63, 3.8) is 0 Å². The summed E-state index contributed by atoms with van der Waals surface area (Å²) < 4.78 is 4.49. The van der Waals surface area contributed by atoms with Gasteiger partial charge in [0.1, 0.15) is 0 Å². The number of hydrogen-bond donors (Lipinski definition) is 1. The lowest BCUT2D eigenvalue weighted by Crippen LogP contribution is -2.01. The SMILES string of the molecule is CCCCCCCC/C=C\CCCCCCCCCCCCOC(=O)O. The maximum Gasteiger partial charge on any atom is 0.505 e. The van der Waals surface area contributed by atoms with Crippen LogP contribution in [0.25, 0.3) is 0 Å². The molecule has 0 spiro atoms. The summed E-state index contributed by atoms with van der Waals surface area (Å²) in [6.45, 7) is 2.62. The maximum absolute atomic E-state index is 10.2. The number of hydrogen-bond acceptors (Lipinski definition) is 2. The third kappa shape index (κ3) is 23.0. The summed E-state index contributed by atoms with van der Waals surface area (Å²) in [7, 11) is 0. The van der Waals surface area contributed by atoms with E-state index in [-0.39, 0.29) is 0 Å². The van der Waals surface area contributed by atoms with Crippen molar-refractivity contribution >= 4 is 6.16 Å². The molecule has 0 aromatic carbocycles. The Kier molecular flexibility index (Phi) is 21.2. The van der Waals surface area contributed by atoms with Crippen LogP contribution in [-0.2, 0) is 4.74 Å². The molecule has 0 bridgehead atoms. The first-order chi connectivity index (χ1) is 12.8. The lowest BCUT2D eigenvalue weighted by molar-refractivity contribution is 0.0899. The maximum atomic E-state index is 10.2. The highest BCUT2D eigenvalue weighted by molar-refractivity contribution is 5.56. The number of carboxylic acid groups (broad SMARTS) is 1. The summed E-state index contributed by atoms with van der Waals surface area (Å²) in [5.74, 6) is 0. The van der Waals surface area contributed by atoms with Gasteiger partial charge in [0.15, 0.2) is 0 Å². The first kappa shape index (κ1) is 25.0. The Bertz CT molecular complexity index is 313. The van der Waals surface area contributed by atoms with Gasteiger partial charge in [0, 0.05) is 0 Å². The van der Waals surface area contributed by atoms with Gasteiger partial charge in [-0.1, -0.05) is 103 Å². The number of ether oxygens (including phenoxy) is 1. The molecule has 0 radical (unpaired) electrons. The van der Waals surface area contributed by atoms with Gasteiger partial charge in [0.25, 0.3) is 0 Å². The third-order valence-corrected chi connectivity index (χ3v) is 4.88. The monoisotopic (exact) mass is 368 g/mol. The van der Waals surface area contributed by atoms with Crippen molar-refractivity contribution in [2.24, 2.45) is 0 Å². The average Bonchev–Trinajstić information content (AvgIpc) is 2.62. The van der Waals surface area contributed by atoms with Crippen molar-refractivity contribution < 1.29 is 14.6 Å². The Labute approximate surface area is 162 Å². The van der Waals surface area contributed by atoms with Gasteiger partial charge in [0.05, 0.1) is 6.61 Å². The molecule has 0 unspecified atom stereocenters. The number of rotatable bonds is 20. The quantitative estimate of drug-likeness (QED) is 0.134. The highest BCUT2D eigenvalue weighted by Crippen LogP contribution is 2.12. The first-order valence-electron chi connectivity index (χ1n) is 11.3. The smallest absolute Gasteiger partial charge is 0.450 e. The van der Waals surface area contributed by atoms with Crippen LogP contribution in [0.3, 0.4) is 0 Å². The Balaban J connectivity index is 3.06. The summed E-state index contributed by atoms with van der Waals surface area (Å²) in [4.78, 5) is 10.2. The average molecular weight is 369 g/mol. The van der Waals surface area contributed by atoms with Crippen molar-refractivity contribution in [1.82, 2.24) is 0 Å². The summed E-state index contributed by atoms with van der Waals surface area (Å²) in [6.07, 6.45) is 27.0. The van der Waals surface area contributed by atoms with Gasteiger partial charge in [-0.2, -0.15) is 0 Å². The predicted octanol–water partition coefficient (Wildman–Crippen LogP) is 8.28. The molecule has 26 heavy (non-hydrogen) atoms. The molecule has 0 rings (SSSR count). The van der Waals surface area contributed by atoms with E-state index in [1.165, 1.54) is 103 Å². The predicted molar refractivity (Wildman–Crippen MR) is 112 cm³/mol. The Morgan fingerprint density at radius 3 is 1.46 bits per heavy atom. The Morgan fingerprint density at radius 2 is 1.04 bits per heavy atom. The van der Waals surface area contributed by atoms with Crippen LogP contribution in [0.2, 0.25) is 0 Å². The van der Waals surface area contributed by atoms with E-state index in [4.69, 9.17) is 5.11 Å². The third-order valence-electron chi connectivity index (χ3n) is 4.88. The van der Waals surface area contributed by atoms with Crippen molar-refractivity contribution in [2.75, 3.05) is 6.61 Å². The minimum absolute atomic E-state index is 0.350. The molecule has 0 aliphatic rings. The molecule has 0 saturated heterocycles. The van der Waals surface area contributed by atoms with E-state index in [1.54, 1.807) is 0 Å². The van der Waals surface area contributed by atoms with Gasteiger partial charge in [0.2, 0.25) is 0 Å². The van der Waals surface area contributed by atoms with E-state index in [0.29, 0.717) is 6.61 Å². The van der Waals surface area contributed by atoms with E-state index in [2.05, 4.69) is 23.8 Å². The number of carbonyl (C=O) groups is 1. The molecule has 0 aromatic heterocycles. The van der Waals surface area contributed by atoms with E-state index in [9.17, 15) is 4.79 Å². The van der Waals surface area contributed by atoms with Crippen molar-refractivity contribution in [2.45, 2.75) is 122 Å². The van der Waals surface area contributed by atoms with Crippen molar-refractivity contribution in [1.29, 1.82) is 0 Å². The van der Waals surface area contributed by atoms with Crippen LogP contribution in [0.4, 0.5) is 4.79 Å².